The van der Waals surface area contributed by atoms with E-state index in [1.807, 2.05) is 6.92 Å². The summed E-state index contributed by atoms with van der Waals surface area (Å²) in [5.74, 6) is -0.271. The molecule has 0 atom stereocenters. The van der Waals surface area contributed by atoms with Crippen LogP contribution in [0.5, 0.6) is 5.75 Å². The average Bonchev–Trinajstić information content (AvgIpc) is 3.30. The van der Waals surface area contributed by atoms with Crippen LogP contribution in [-0.2, 0) is 17.9 Å². The lowest BCUT2D eigenvalue weighted by molar-refractivity contribution is -0.384. The van der Waals surface area contributed by atoms with Crippen molar-refractivity contribution in [2.24, 2.45) is 0 Å². The molecule has 0 saturated carbocycles. The molecule has 1 fully saturated rings. The molecular formula is C24H24ClN5O6. The molecule has 1 aromatic heterocycles. The van der Waals surface area contributed by atoms with Gasteiger partial charge in [-0.15, -0.1) is 0 Å². The first-order chi connectivity index (χ1) is 17.4. The zero-order valence-corrected chi connectivity index (χ0v) is 20.2. The summed E-state index contributed by atoms with van der Waals surface area (Å²) in [5.41, 5.74) is 1.71. The van der Waals surface area contributed by atoms with E-state index in [2.05, 4.69) is 10.4 Å². The molecule has 0 aliphatic carbocycles. The summed E-state index contributed by atoms with van der Waals surface area (Å²) in [4.78, 5) is 38.0. The molecule has 1 saturated heterocycles. The number of nitrogens with one attached hydrogen (secondary N) is 1. The van der Waals surface area contributed by atoms with E-state index >= 15 is 0 Å². The van der Waals surface area contributed by atoms with Crippen LogP contribution < -0.4 is 10.1 Å². The number of morpholine rings is 1. The van der Waals surface area contributed by atoms with Crippen LogP contribution in [0.2, 0.25) is 5.02 Å². The maximum absolute atomic E-state index is 13.1. The van der Waals surface area contributed by atoms with E-state index in [1.54, 1.807) is 33.8 Å². The van der Waals surface area contributed by atoms with Gasteiger partial charge in [0.15, 0.2) is 0 Å². The normalized spacial score (nSPS) is 13.3. The van der Waals surface area contributed by atoms with Gasteiger partial charge >= 0.3 is 0 Å². The number of halogens is 1. The Balaban J connectivity index is 1.41. The predicted octanol–water partition coefficient (Wildman–Crippen LogP) is 3.77. The van der Waals surface area contributed by atoms with Gasteiger partial charge in [-0.25, -0.2) is 0 Å². The van der Waals surface area contributed by atoms with Crippen LogP contribution >= 0.6 is 11.6 Å². The van der Waals surface area contributed by atoms with Crippen LogP contribution in [0.25, 0.3) is 0 Å². The van der Waals surface area contributed by atoms with E-state index in [0.717, 1.165) is 5.56 Å². The van der Waals surface area contributed by atoms with Crippen molar-refractivity contribution in [2.75, 3.05) is 31.6 Å². The molecule has 3 aromatic rings. The minimum Gasteiger partial charge on any atom is -0.487 e. The second kappa shape index (κ2) is 11.2. The Kier molecular flexibility index (Phi) is 7.81. The van der Waals surface area contributed by atoms with Crippen LogP contribution in [0.15, 0.2) is 48.7 Å². The maximum atomic E-state index is 13.1. The molecule has 0 bridgehead atoms. The lowest BCUT2D eigenvalue weighted by atomic mass is 10.1. The van der Waals surface area contributed by atoms with E-state index < -0.39 is 4.92 Å². The summed E-state index contributed by atoms with van der Waals surface area (Å²) in [5, 5.41) is 18.0. The fourth-order valence-electron chi connectivity index (χ4n) is 3.69. The molecule has 12 heteroatoms. The van der Waals surface area contributed by atoms with Gasteiger partial charge in [-0.3, -0.25) is 24.4 Å². The third-order valence-electron chi connectivity index (χ3n) is 5.62. The zero-order chi connectivity index (χ0) is 25.7. The molecule has 36 heavy (non-hydrogen) atoms. The predicted molar refractivity (Wildman–Crippen MR) is 131 cm³/mol. The highest BCUT2D eigenvalue weighted by Gasteiger charge is 2.26. The highest BCUT2D eigenvalue weighted by Crippen LogP contribution is 2.29. The molecule has 0 unspecified atom stereocenters. The number of nitro groups is 1. The quantitative estimate of drug-likeness (QED) is 0.358. The number of nitrogens with zero attached hydrogens (tertiary/aromatic N) is 4. The number of nitro benzene ring substituents is 1. The van der Waals surface area contributed by atoms with Crippen molar-refractivity contribution in [1.29, 1.82) is 0 Å². The van der Waals surface area contributed by atoms with Crippen LogP contribution in [0.3, 0.4) is 0 Å². The Morgan fingerprint density at radius 2 is 1.92 bits per heavy atom. The lowest BCUT2D eigenvalue weighted by Crippen LogP contribution is -2.41. The van der Waals surface area contributed by atoms with Crippen molar-refractivity contribution in [3.8, 4) is 5.75 Å². The van der Waals surface area contributed by atoms with Gasteiger partial charge in [-0.2, -0.15) is 5.10 Å². The third kappa shape index (κ3) is 5.64. The number of carbonyl (C=O) groups is 2. The van der Waals surface area contributed by atoms with Crippen molar-refractivity contribution < 1.29 is 24.0 Å². The van der Waals surface area contributed by atoms with Crippen molar-refractivity contribution in [2.45, 2.75) is 20.1 Å². The van der Waals surface area contributed by atoms with Gasteiger partial charge in [0.2, 0.25) is 0 Å². The number of amides is 2. The molecule has 1 aliphatic heterocycles. The summed E-state index contributed by atoms with van der Waals surface area (Å²) in [6.45, 7) is 4.42. The number of ether oxygens (including phenoxy) is 2. The Morgan fingerprint density at radius 3 is 2.56 bits per heavy atom. The third-order valence-corrected chi connectivity index (χ3v) is 5.92. The number of aromatic nitrogens is 2. The summed E-state index contributed by atoms with van der Waals surface area (Å²) >= 11 is 6.06. The van der Waals surface area contributed by atoms with Crippen molar-refractivity contribution in [3.63, 3.8) is 0 Å². The second-order valence-electron chi connectivity index (χ2n) is 7.94. The Hall–Kier alpha value is -3.96. The molecule has 0 radical (unpaired) electrons. The number of non-ortho nitro benzene ring substituents is 1. The van der Waals surface area contributed by atoms with E-state index in [0.29, 0.717) is 55.5 Å². The van der Waals surface area contributed by atoms with E-state index in [-0.39, 0.29) is 29.1 Å². The van der Waals surface area contributed by atoms with E-state index in [1.165, 1.54) is 24.4 Å². The minimum absolute atomic E-state index is 0.123. The standard InChI is InChI=1S/C24H24ClN5O6/c1-2-29-22(24(32)28-9-11-35-12-10-28)20(14-26-29)27-23(31)17-5-3-16(4-6-17)15-36-21-8-7-18(30(33)34)13-19(21)25/h3-8,13-14H,2,9-12,15H2,1H3,(H,27,31). The molecule has 0 spiro atoms. The van der Waals surface area contributed by atoms with Gasteiger partial charge in [-0.05, 0) is 30.7 Å². The highest BCUT2D eigenvalue weighted by atomic mass is 35.5. The summed E-state index contributed by atoms with van der Waals surface area (Å²) in [6.07, 6.45) is 1.48. The Morgan fingerprint density at radius 1 is 1.19 bits per heavy atom. The topological polar surface area (TPSA) is 129 Å². The molecule has 11 nitrogen and oxygen atoms in total. The fourth-order valence-corrected chi connectivity index (χ4v) is 3.92. The number of carbonyl (C=O) groups excluding carboxylic acids is 2. The summed E-state index contributed by atoms with van der Waals surface area (Å²) < 4.78 is 12.5. The molecule has 4 rings (SSSR count). The smallest absolute Gasteiger partial charge is 0.274 e. The van der Waals surface area contributed by atoms with E-state index in [4.69, 9.17) is 21.1 Å². The zero-order valence-electron chi connectivity index (χ0n) is 19.5. The van der Waals surface area contributed by atoms with Crippen molar-refractivity contribution >= 4 is 34.8 Å². The van der Waals surface area contributed by atoms with Crippen molar-refractivity contribution in [3.05, 3.63) is 80.6 Å². The largest absolute Gasteiger partial charge is 0.487 e. The number of benzene rings is 2. The average molecular weight is 514 g/mol. The summed E-state index contributed by atoms with van der Waals surface area (Å²) in [6, 6.07) is 10.7. The maximum Gasteiger partial charge on any atom is 0.274 e. The first-order valence-electron chi connectivity index (χ1n) is 11.3. The SMILES string of the molecule is CCn1ncc(NC(=O)c2ccc(COc3ccc([N+](=O)[O-])cc3Cl)cc2)c1C(=O)N1CCOCC1. The minimum atomic E-state index is -0.534. The lowest BCUT2D eigenvalue weighted by Gasteiger charge is -2.27. The van der Waals surface area contributed by atoms with Crippen LogP contribution in [-0.4, -0.2) is 57.7 Å². The second-order valence-corrected chi connectivity index (χ2v) is 8.35. The van der Waals surface area contributed by atoms with Crippen LogP contribution in [0.1, 0.15) is 33.3 Å². The van der Waals surface area contributed by atoms with Gasteiger partial charge in [0.05, 0.1) is 35.0 Å². The van der Waals surface area contributed by atoms with E-state index in [9.17, 15) is 19.7 Å². The first-order valence-corrected chi connectivity index (χ1v) is 11.6. The summed E-state index contributed by atoms with van der Waals surface area (Å²) in [7, 11) is 0. The monoisotopic (exact) mass is 513 g/mol. The van der Waals surface area contributed by atoms with Gasteiger partial charge in [0, 0.05) is 37.3 Å². The van der Waals surface area contributed by atoms with Crippen LogP contribution in [0, 0.1) is 10.1 Å². The number of rotatable bonds is 8. The first kappa shape index (κ1) is 25.1. The molecule has 1 N–H and O–H groups in total. The van der Waals surface area contributed by atoms with Gasteiger partial charge < -0.3 is 19.7 Å². The number of hydrogen-bond acceptors (Lipinski definition) is 7. The molecular weight excluding hydrogens is 490 g/mol. The number of hydrogen-bond donors (Lipinski definition) is 1. The molecule has 1 aliphatic rings. The Bertz CT molecular complexity index is 1270. The van der Waals surface area contributed by atoms with Gasteiger partial charge in [-0.1, -0.05) is 23.7 Å². The molecule has 2 heterocycles. The molecule has 188 valence electrons. The van der Waals surface area contributed by atoms with Gasteiger partial charge in [0.25, 0.3) is 17.5 Å². The van der Waals surface area contributed by atoms with Crippen molar-refractivity contribution in [1.82, 2.24) is 14.7 Å². The molecule has 2 aromatic carbocycles. The van der Waals surface area contributed by atoms with Crippen LogP contribution in [0.4, 0.5) is 11.4 Å². The van der Waals surface area contributed by atoms with Gasteiger partial charge in [0.1, 0.15) is 18.1 Å². The molecule has 2 amide bonds. The number of aryl methyl sites for hydroxylation is 1. The number of anilines is 1. The Labute approximate surface area is 211 Å². The highest BCUT2D eigenvalue weighted by molar-refractivity contribution is 6.32. The fraction of sp³-hybridized carbons (Fsp3) is 0.292.